The Labute approximate surface area is 150 Å². The molecule has 1 atom stereocenters. The predicted octanol–water partition coefficient (Wildman–Crippen LogP) is 2.25. The molecular formula is C18H20FN7. The van der Waals surface area contributed by atoms with E-state index in [0.29, 0.717) is 5.92 Å². The Balaban J connectivity index is 1.43. The maximum atomic E-state index is 13.1. The Morgan fingerprint density at radius 2 is 2.08 bits per heavy atom. The van der Waals surface area contributed by atoms with Gasteiger partial charge in [0.15, 0.2) is 0 Å². The maximum Gasteiger partial charge on any atom is 0.200 e. The standard InChI is InChI=1S/C18H20FN7/c1-12-10-24(6-7-25(12)17-5-4-14(19)9-20-17)16-8-15(13-2-3-13)23-26-11-21-22-18(16)26/h4-5,8-9,11-13H,2-3,6-7,10H2,1H3. The zero-order valence-electron chi connectivity index (χ0n) is 14.6. The van der Waals surface area contributed by atoms with E-state index in [1.807, 2.05) is 0 Å². The van der Waals surface area contributed by atoms with Crippen molar-refractivity contribution in [1.29, 1.82) is 0 Å². The highest BCUT2D eigenvalue weighted by Crippen LogP contribution is 2.40. The van der Waals surface area contributed by atoms with Crippen LogP contribution in [0.5, 0.6) is 0 Å². The summed E-state index contributed by atoms with van der Waals surface area (Å²) in [6.07, 6.45) is 5.37. The molecule has 2 aliphatic rings. The average Bonchev–Trinajstić information content (AvgIpc) is 3.39. The van der Waals surface area contributed by atoms with Gasteiger partial charge in [-0.15, -0.1) is 10.2 Å². The second-order valence-electron chi connectivity index (χ2n) is 7.15. The van der Waals surface area contributed by atoms with Crippen LogP contribution in [0.3, 0.4) is 0 Å². The Hall–Kier alpha value is -2.77. The van der Waals surface area contributed by atoms with E-state index in [-0.39, 0.29) is 11.9 Å². The van der Waals surface area contributed by atoms with E-state index in [1.54, 1.807) is 16.9 Å². The number of halogens is 1. The molecule has 0 aromatic carbocycles. The molecule has 0 radical (unpaired) electrons. The minimum absolute atomic E-state index is 0.252. The van der Waals surface area contributed by atoms with Gasteiger partial charge in [-0.2, -0.15) is 9.61 Å². The zero-order chi connectivity index (χ0) is 17.7. The fourth-order valence-electron chi connectivity index (χ4n) is 3.70. The van der Waals surface area contributed by atoms with Crippen LogP contribution in [0.15, 0.2) is 30.7 Å². The molecule has 0 amide bonds. The number of anilines is 2. The summed E-state index contributed by atoms with van der Waals surface area (Å²) in [7, 11) is 0. The van der Waals surface area contributed by atoms with Gasteiger partial charge < -0.3 is 9.80 Å². The van der Waals surface area contributed by atoms with Crippen LogP contribution in [-0.4, -0.2) is 50.5 Å². The van der Waals surface area contributed by atoms with Crippen molar-refractivity contribution in [2.75, 3.05) is 29.4 Å². The minimum Gasteiger partial charge on any atom is -0.365 e. The third-order valence-electron chi connectivity index (χ3n) is 5.24. The van der Waals surface area contributed by atoms with E-state index in [2.05, 4.69) is 43.1 Å². The van der Waals surface area contributed by atoms with Crippen molar-refractivity contribution in [1.82, 2.24) is 24.8 Å². The molecule has 134 valence electrons. The number of rotatable bonds is 3. The lowest BCUT2D eigenvalue weighted by Gasteiger charge is -2.41. The number of hydrogen-bond acceptors (Lipinski definition) is 6. The normalized spacial score (nSPS) is 20.8. The lowest BCUT2D eigenvalue weighted by molar-refractivity contribution is 0.543. The fourth-order valence-corrected chi connectivity index (χ4v) is 3.70. The van der Waals surface area contributed by atoms with Gasteiger partial charge in [-0.05, 0) is 38.0 Å². The van der Waals surface area contributed by atoms with Crippen molar-refractivity contribution >= 4 is 17.2 Å². The predicted molar refractivity (Wildman–Crippen MR) is 96.0 cm³/mol. The Bertz CT molecular complexity index is 934. The lowest BCUT2D eigenvalue weighted by Crippen LogP contribution is -2.52. The molecule has 1 unspecified atom stereocenters. The number of aromatic nitrogens is 5. The summed E-state index contributed by atoms with van der Waals surface area (Å²) in [5, 5.41) is 13.0. The van der Waals surface area contributed by atoms with Gasteiger partial charge in [-0.1, -0.05) is 0 Å². The van der Waals surface area contributed by atoms with Gasteiger partial charge in [-0.3, -0.25) is 0 Å². The molecule has 1 saturated heterocycles. The second kappa shape index (κ2) is 5.89. The summed E-state index contributed by atoms with van der Waals surface area (Å²) < 4.78 is 14.9. The largest absolute Gasteiger partial charge is 0.365 e. The third kappa shape index (κ3) is 2.65. The molecule has 5 rings (SSSR count). The molecule has 26 heavy (non-hydrogen) atoms. The molecule has 1 aliphatic heterocycles. The van der Waals surface area contributed by atoms with Crippen molar-refractivity contribution in [3.63, 3.8) is 0 Å². The molecule has 1 aliphatic carbocycles. The number of piperazine rings is 1. The summed E-state index contributed by atoms with van der Waals surface area (Å²) in [4.78, 5) is 8.80. The first kappa shape index (κ1) is 15.5. The monoisotopic (exact) mass is 353 g/mol. The molecule has 2 fully saturated rings. The number of fused-ring (bicyclic) bond motifs is 1. The topological polar surface area (TPSA) is 62.5 Å². The SMILES string of the molecule is CC1CN(c2cc(C3CC3)nn3cnnc23)CCN1c1ccc(F)cn1. The van der Waals surface area contributed by atoms with E-state index in [0.717, 1.165) is 42.5 Å². The van der Waals surface area contributed by atoms with Crippen molar-refractivity contribution in [2.24, 2.45) is 0 Å². The van der Waals surface area contributed by atoms with Gasteiger partial charge in [0.2, 0.25) is 5.65 Å². The zero-order valence-corrected chi connectivity index (χ0v) is 14.6. The van der Waals surface area contributed by atoms with Crippen molar-refractivity contribution in [3.8, 4) is 0 Å². The van der Waals surface area contributed by atoms with Gasteiger partial charge in [0.05, 0.1) is 17.6 Å². The first-order valence-electron chi connectivity index (χ1n) is 9.03. The van der Waals surface area contributed by atoms with Crippen LogP contribution in [0.1, 0.15) is 31.4 Å². The summed E-state index contributed by atoms with van der Waals surface area (Å²) in [5.74, 6) is 1.08. The van der Waals surface area contributed by atoms with Gasteiger partial charge in [0.25, 0.3) is 0 Å². The summed E-state index contributed by atoms with van der Waals surface area (Å²) in [6.45, 7) is 4.68. The lowest BCUT2D eigenvalue weighted by atomic mass is 10.1. The minimum atomic E-state index is -0.307. The van der Waals surface area contributed by atoms with Crippen LogP contribution < -0.4 is 9.80 Å². The van der Waals surface area contributed by atoms with Crippen molar-refractivity contribution in [2.45, 2.75) is 31.7 Å². The van der Waals surface area contributed by atoms with Crippen LogP contribution in [-0.2, 0) is 0 Å². The highest BCUT2D eigenvalue weighted by Gasteiger charge is 2.30. The molecule has 4 heterocycles. The first-order chi connectivity index (χ1) is 12.7. The van der Waals surface area contributed by atoms with Gasteiger partial charge in [-0.25, -0.2) is 9.37 Å². The summed E-state index contributed by atoms with van der Waals surface area (Å²) >= 11 is 0. The molecule has 1 saturated carbocycles. The van der Waals surface area contributed by atoms with E-state index >= 15 is 0 Å². The molecule has 8 heteroatoms. The van der Waals surface area contributed by atoms with Crippen LogP contribution in [0.2, 0.25) is 0 Å². The molecular weight excluding hydrogens is 333 g/mol. The Morgan fingerprint density at radius 3 is 2.81 bits per heavy atom. The van der Waals surface area contributed by atoms with Gasteiger partial charge in [0, 0.05) is 31.6 Å². The molecule has 3 aromatic rings. The average molecular weight is 353 g/mol. The van der Waals surface area contributed by atoms with Gasteiger partial charge >= 0.3 is 0 Å². The third-order valence-corrected chi connectivity index (χ3v) is 5.24. The number of pyridine rings is 1. The first-order valence-corrected chi connectivity index (χ1v) is 9.03. The van der Waals surface area contributed by atoms with Crippen LogP contribution in [0.4, 0.5) is 15.9 Å². The van der Waals surface area contributed by atoms with E-state index in [1.165, 1.54) is 25.1 Å². The summed E-state index contributed by atoms with van der Waals surface area (Å²) in [6, 6.07) is 5.64. The molecule has 0 bridgehead atoms. The van der Waals surface area contributed by atoms with Gasteiger partial charge in [0.1, 0.15) is 18.0 Å². The molecule has 7 nitrogen and oxygen atoms in total. The second-order valence-corrected chi connectivity index (χ2v) is 7.15. The number of hydrogen-bond donors (Lipinski definition) is 0. The molecule has 3 aromatic heterocycles. The smallest absolute Gasteiger partial charge is 0.200 e. The highest BCUT2D eigenvalue weighted by molar-refractivity contribution is 5.69. The van der Waals surface area contributed by atoms with E-state index in [4.69, 9.17) is 0 Å². The molecule has 0 spiro atoms. The van der Waals surface area contributed by atoms with E-state index in [9.17, 15) is 4.39 Å². The number of nitrogens with zero attached hydrogens (tertiary/aromatic N) is 7. The van der Waals surface area contributed by atoms with Crippen molar-refractivity contribution < 1.29 is 4.39 Å². The fraction of sp³-hybridized carbons (Fsp3) is 0.444. The van der Waals surface area contributed by atoms with Crippen molar-refractivity contribution in [3.05, 3.63) is 42.2 Å². The highest BCUT2D eigenvalue weighted by atomic mass is 19.1. The Kier molecular flexibility index (Phi) is 3.51. The quantitative estimate of drug-likeness (QED) is 0.720. The Morgan fingerprint density at radius 1 is 1.19 bits per heavy atom. The summed E-state index contributed by atoms with van der Waals surface area (Å²) in [5.41, 5.74) is 3.02. The van der Waals surface area contributed by atoms with Crippen LogP contribution in [0.25, 0.3) is 5.65 Å². The molecule has 0 N–H and O–H groups in total. The maximum absolute atomic E-state index is 13.1. The van der Waals surface area contributed by atoms with Crippen LogP contribution in [0, 0.1) is 5.82 Å². The van der Waals surface area contributed by atoms with E-state index < -0.39 is 0 Å². The van der Waals surface area contributed by atoms with Crippen LogP contribution >= 0.6 is 0 Å².